The molecule has 0 saturated heterocycles. The second-order valence-corrected chi connectivity index (χ2v) is 5.80. The molecule has 1 aliphatic rings. The largest absolute Gasteiger partial charge is 0.469 e. The number of hydrogen-bond donors (Lipinski definition) is 1. The van der Waals surface area contributed by atoms with Crippen LogP contribution in [0.3, 0.4) is 0 Å². The van der Waals surface area contributed by atoms with E-state index in [4.69, 9.17) is 9.47 Å². The van der Waals surface area contributed by atoms with Gasteiger partial charge in [0.25, 0.3) is 0 Å². The van der Waals surface area contributed by atoms with Gasteiger partial charge >= 0.3 is 12.1 Å². The van der Waals surface area contributed by atoms with Crippen LogP contribution in [0.2, 0.25) is 0 Å². The molecule has 5 heteroatoms. The van der Waals surface area contributed by atoms with Crippen LogP contribution in [-0.2, 0) is 14.3 Å². The van der Waals surface area contributed by atoms with Gasteiger partial charge in [-0.15, -0.1) is 0 Å². The second-order valence-electron chi connectivity index (χ2n) is 5.80. The molecule has 0 aliphatic heterocycles. The quantitative estimate of drug-likeness (QED) is 0.752. The summed E-state index contributed by atoms with van der Waals surface area (Å²) < 4.78 is 9.84. The Bertz CT molecular complexity index is 313. The molecule has 0 heterocycles. The lowest BCUT2D eigenvalue weighted by Gasteiger charge is -2.42. The molecule has 1 amide bonds. The molecule has 0 aromatic heterocycles. The van der Waals surface area contributed by atoms with Crippen LogP contribution in [0.25, 0.3) is 0 Å². The fourth-order valence-corrected chi connectivity index (χ4v) is 2.02. The monoisotopic (exact) mass is 243 g/mol. The highest BCUT2D eigenvalue weighted by Gasteiger charge is 2.48. The van der Waals surface area contributed by atoms with Gasteiger partial charge < -0.3 is 14.8 Å². The molecule has 0 atom stereocenters. The van der Waals surface area contributed by atoms with E-state index in [1.165, 1.54) is 7.11 Å². The van der Waals surface area contributed by atoms with Crippen LogP contribution >= 0.6 is 0 Å². The zero-order valence-corrected chi connectivity index (χ0v) is 11.1. The Morgan fingerprint density at radius 2 is 1.82 bits per heavy atom. The third kappa shape index (κ3) is 3.61. The average Bonchev–Trinajstić information content (AvgIpc) is 2.10. The molecule has 0 bridgehead atoms. The third-order valence-electron chi connectivity index (χ3n) is 2.79. The molecular formula is C12H21NO4. The molecule has 0 aromatic carbocycles. The maximum absolute atomic E-state index is 11.5. The highest BCUT2D eigenvalue weighted by molar-refractivity contribution is 5.78. The van der Waals surface area contributed by atoms with Gasteiger partial charge in [0.05, 0.1) is 12.5 Å². The number of amides is 1. The van der Waals surface area contributed by atoms with Crippen LogP contribution in [0.15, 0.2) is 0 Å². The van der Waals surface area contributed by atoms with Crippen molar-refractivity contribution in [3.05, 3.63) is 0 Å². The summed E-state index contributed by atoms with van der Waals surface area (Å²) in [6.45, 7) is 7.27. The van der Waals surface area contributed by atoms with Gasteiger partial charge in [0, 0.05) is 6.04 Å². The van der Waals surface area contributed by atoms with Crippen molar-refractivity contribution in [3.63, 3.8) is 0 Å². The predicted octanol–water partition coefficient (Wildman–Crippen LogP) is 1.85. The van der Waals surface area contributed by atoms with Gasteiger partial charge in [0.15, 0.2) is 0 Å². The molecule has 0 radical (unpaired) electrons. The van der Waals surface area contributed by atoms with Crippen LogP contribution in [-0.4, -0.2) is 30.8 Å². The van der Waals surface area contributed by atoms with Gasteiger partial charge in [0.2, 0.25) is 0 Å². The van der Waals surface area contributed by atoms with E-state index in [0.29, 0.717) is 12.8 Å². The lowest BCUT2D eigenvalue weighted by Crippen LogP contribution is -2.53. The number of nitrogens with one attached hydrogen (secondary N) is 1. The number of ether oxygens (including phenoxy) is 2. The Morgan fingerprint density at radius 3 is 2.24 bits per heavy atom. The molecule has 5 nitrogen and oxygen atoms in total. The number of methoxy groups -OCH3 is 1. The number of carbonyl (C=O) groups is 2. The molecule has 98 valence electrons. The van der Waals surface area contributed by atoms with Crippen molar-refractivity contribution in [2.45, 2.75) is 52.2 Å². The molecule has 1 rings (SSSR count). The second kappa shape index (κ2) is 4.55. The van der Waals surface area contributed by atoms with Crippen LogP contribution in [0.4, 0.5) is 4.79 Å². The van der Waals surface area contributed by atoms with E-state index >= 15 is 0 Å². The van der Waals surface area contributed by atoms with Crippen LogP contribution < -0.4 is 5.32 Å². The molecular weight excluding hydrogens is 222 g/mol. The number of rotatable bonds is 2. The van der Waals surface area contributed by atoms with Crippen molar-refractivity contribution < 1.29 is 19.1 Å². The topological polar surface area (TPSA) is 64.6 Å². The Hall–Kier alpha value is -1.26. The summed E-state index contributed by atoms with van der Waals surface area (Å²) in [7, 11) is 1.38. The standard InChI is InChI=1S/C12H21NO4/c1-11(2,3)17-10(15)13-8-6-12(4,7-8)9(14)16-5/h8H,6-7H2,1-5H3,(H,13,15)/t8-,12+. The molecule has 1 saturated carbocycles. The average molecular weight is 243 g/mol. The number of hydrogen-bond acceptors (Lipinski definition) is 4. The zero-order chi connectivity index (χ0) is 13.3. The first kappa shape index (κ1) is 13.8. The van der Waals surface area contributed by atoms with E-state index in [1.54, 1.807) is 0 Å². The summed E-state index contributed by atoms with van der Waals surface area (Å²) in [6, 6.07) is -0.00560. The van der Waals surface area contributed by atoms with Gasteiger partial charge in [-0.2, -0.15) is 0 Å². The van der Waals surface area contributed by atoms with E-state index in [1.807, 2.05) is 27.7 Å². The lowest BCUT2D eigenvalue weighted by atomic mass is 9.67. The van der Waals surface area contributed by atoms with Gasteiger partial charge in [-0.05, 0) is 40.5 Å². The fourth-order valence-electron chi connectivity index (χ4n) is 2.02. The summed E-state index contributed by atoms with van der Waals surface area (Å²) in [4.78, 5) is 22.9. The Morgan fingerprint density at radius 1 is 1.29 bits per heavy atom. The van der Waals surface area contributed by atoms with Crippen molar-refractivity contribution in [1.82, 2.24) is 5.32 Å². The predicted molar refractivity (Wildman–Crippen MR) is 62.5 cm³/mol. The summed E-state index contributed by atoms with van der Waals surface area (Å²) in [6.07, 6.45) is 0.757. The summed E-state index contributed by atoms with van der Waals surface area (Å²) in [5.41, 5.74) is -0.964. The molecule has 1 N–H and O–H groups in total. The van der Waals surface area contributed by atoms with E-state index in [2.05, 4.69) is 5.32 Å². The Kier molecular flexibility index (Phi) is 3.69. The first-order valence-corrected chi connectivity index (χ1v) is 5.74. The minimum atomic E-state index is -0.501. The SMILES string of the molecule is COC(=O)[C@]1(C)C[C@H](NC(=O)OC(C)(C)C)C1. The van der Waals surface area contributed by atoms with E-state index in [9.17, 15) is 9.59 Å². The van der Waals surface area contributed by atoms with Crippen molar-refractivity contribution in [2.75, 3.05) is 7.11 Å². The Balaban J connectivity index is 2.35. The van der Waals surface area contributed by atoms with Crippen molar-refractivity contribution in [1.29, 1.82) is 0 Å². The maximum atomic E-state index is 11.5. The summed E-state index contributed by atoms with van der Waals surface area (Å²) >= 11 is 0. The highest BCUT2D eigenvalue weighted by Crippen LogP contribution is 2.41. The van der Waals surface area contributed by atoms with E-state index < -0.39 is 17.1 Å². The highest BCUT2D eigenvalue weighted by atomic mass is 16.6. The van der Waals surface area contributed by atoms with Gasteiger partial charge in [0.1, 0.15) is 5.60 Å². The number of esters is 1. The first-order valence-electron chi connectivity index (χ1n) is 5.74. The smallest absolute Gasteiger partial charge is 0.407 e. The van der Waals surface area contributed by atoms with Crippen LogP contribution in [0.5, 0.6) is 0 Å². The fraction of sp³-hybridized carbons (Fsp3) is 0.833. The minimum absolute atomic E-state index is 0.00560. The molecule has 0 aromatic rings. The zero-order valence-electron chi connectivity index (χ0n) is 11.1. The van der Waals surface area contributed by atoms with Crippen molar-refractivity contribution in [2.24, 2.45) is 5.41 Å². The molecule has 0 unspecified atom stereocenters. The summed E-state index contributed by atoms with van der Waals surface area (Å²) in [5, 5.41) is 2.74. The molecule has 0 spiro atoms. The van der Waals surface area contributed by atoms with Gasteiger partial charge in [-0.25, -0.2) is 4.79 Å². The molecule has 1 fully saturated rings. The van der Waals surface area contributed by atoms with Gasteiger partial charge in [-0.3, -0.25) is 4.79 Å². The minimum Gasteiger partial charge on any atom is -0.469 e. The van der Waals surface area contributed by atoms with E-state index in [-0.39, 0.29) is 12.0 Å². The van der Waals surface area contributed by atoms with Crippen LogP contribution in [0.1, 0.15) is 40.5 Å². The van der Waals surface area contributed by atoms with Crippen molar-refractivity contribution in [3.8, 4) is 0 Å². The van der Waals surface area contributed by atoms with Crippen molar-refractivity contribution >= 4 is 12.1 Å². The van der Waals surface area contributed by atoms with Crippen LogP contribution in [0, 0.1) is 5.41 Å². The van der Waals surface area contributed by atoms with E-state index in [0.717, 1.165) is 0 Å². The lowest BCUT2D eigenvalue weighted by molar-refractivity contribution is -0.158. The number of alkyl carbamates (subject to hydrolysis) is 1. The van der Waals surface area contributed by atoms with Gasteiger partial charge in [-0.1, -0.05) is 0 Å². The first-order chi connectivity index (χ1) is 7.66. The molecule has 17 heavy (non-hydrogen) atoms. The third-order valence-corrected chi connectivity index (χ3v) is 2.79. The summed E-state index contributed by atoms with van der Waals surface area (Å²) in [5.74, 6) is -0.222. The normalized spacial score (nSPS) is 27.9. The Labute approximate surface area is 102 Å². The number of carbonyl (C=O) groups excluding carboxylic acids is 2. The molecule has 1 aliphatic carbocycles. The maximum Gasteiger partial charge on any atom is 0.407 e.